The van der Waals surface area contributed by atoms with Crippen LogP contribution in [0.5, 0.6) is 0 Å². The number of halogens is 1. The summed E-state index contributed by atoms with van der Waals surface area (Å²) in [4.78, 5) is 14.6. The van der Waals surface area contributed by atoms with E-state index < -0.39 is 0 Å². The van der Waals surface area contributed by atoms with E-state index in [4.69, 9.17) is 0 Å². The molecule has 0 radical (unpaired) electrons. The van der Waals surface area contributed by atoms with E-state index in [1.807, 2.05) is 0 Å². The van der Waals surface area contributed by atoms with Crippen molar-refractivity contribution < 1.29 is 4.79 Å². The molecule has 0 aliphatic heterocycles. The predicted molar refractivity (Wildman–Crippen MR) is 108 cm³/mol. The van der Waals surface area contributed by atoms with Gasteiger partial charge in [-0.25, -0.2) is 0 Å². The third-order valence-corrected chi connectivity index (χ3v) is 5.62. The van der Waals surface area contributed by atoms with Gasteiger partial charge in [-0.2, -0.15) is 0 Å². The zero-order chi connectivity index (χ0) is 17.5. The molecule has 1 aliphatic carbocycles. The summed E-state index contributed by atoms with van der Waals surface area (Å²) < 4.78 is 0. The lowest BCUT2D eigenvalue weighted by molar-refractivity contribution is -0.126. The zero-order valence-corrected chi connectivity index (χ0v) is 17.0. The number of carbonyl (C=O) groups excluding carboxylic acids is 1. The summed E-state index contributed by atoms with van der Waals surface area (Å²) in [5.74, 6) is 1.11. The van der Waals surface area contributed by atoms with Crippen LogP contribution in [0.15, 0.2) is 30.3 Å². The molecule has 1 amide bonds. The topological polar surface area (TPSA) is 32.3 Å². The van der Waals surface area contributed by atoms with Crippen LogP contribution in [0.25, 0.3) is 0 Å². The van der Waals surface area contributed by atoms with Crippen molar-refractivity contribution in [3.05, 3.63) is 35.9 Å². The average molecular weight is 367 g/mol. The third kappa shape index (κ3) is 6.00. The van der Waals surface area contributed by atoms with Gasteiger partial charge < -0.3 is 10.2 Å². The van der Waals surface area contributed by atoms with Crippen LogP contribution >= 0.6 is 12.4 Å². The monoisotopic (exact) mass is 366 g/mol. The van der Waals surface area contributed by atoms with Crippen molar-refractivity contribution in [1.29, 1.82) is 0 Å². The number of carbonyl (C=O) groups is 1. The second-order valence-electron chi connectivity index (χ2n) is 7.45. The summed E-state index contributed by atoms with van der Waals surface area (Å²) in [5, 5.41) is 3.30. The van der Waals surface area contributed by atoms with Gasteiger partial charge in [0.1, 0.15) is 0 Å². The van der Waals surface area contributed by atoms with Crippen molar-refractivity contribution in [1.82, 2.24) is 10.2 Å². The molecule has 4 heteroatoms. The van der Waals surface area contributed by atoms with Gasteiger partial charge in [0.25, 0.3) is 0 Å². The molecular formula is C21H35ClN2O. The lowest BCUT2D eigenvalue weighted by Crippen LogP contribution is -2.42. The number of rotatable bonds is 7. The molecule has 1 atom stereocenters. The van der Waals surface area contributed by atoms with Gasteiger partial charge in [-0.05, 0) is 64.1 Å². The van der Waals surface area contributed by atoms with Gasteiger partial charge in [-0.15, -0.1) is 12.4 Å². The van der Waals surface area contributed by atoms with E-state index in [9.17, 15) is 4.79 Å². The molecule has 25 heavy (non-hydrogen) atoms. The molecule has 0 saturated heterocycles. The first kappa shape index (κ1) is 22.0. The number of hydrogen-bond donors (Lipinski definition) is 1. The minimum absolute atomic E-state index is 0. The first-order chi connectivity index (χ1) is 11.6. The van der Waals surface area contributed by atoms with E-state index in [1.165, 1.54) is 18.4 Å². The van der Waals surface area contributed by atoms with E-state index in [0.29, 0.717) is 18.0 Å². The fourth-order valence-corrected chi connectivity index (χ4v) is 4.20. The summed E-state index contributed by atoms with van der Waals surface area (Å²) >= 11 is 0. The molecule has 142 valence electrons. The van der Waals surface area contributed by atoms with Gasteiger partial charge in [0.05, 0.1) is 0 Å². The van der Waals surface area contributed by atoms with Gasteiger partial charge in [0.2, 0.25) is 5.91 Å². The van der Waals surface area contributed by atoms with Crippen LogP contribution in [0.2, 0.25) is 0 Å². The van der Waals surface area contributed by atoms with Gasteiger partial charge in [-0.3, -0.25) is 4.79 Å². The van der Waals surface area contributed by atoms with Gasteiger partial charge in [0.15, 0.2) is 0 Å². The molecule has 1 aliphatic rings. The Balaban J connectivity index is 0.00000312. The van der Waals surface area contributed by atoms with Crippen molar-refractivity contribution in [3.63, 3.8) is 0 Å². The second kappa shape index (κ2) is 10.8. The zero-order valence-electron chi connectivity index (χ0n) is 16.2. The van der Waals surface area contributed by atoms with E-state index >= 15 is 0 Å². The quantitative estimate of drug-likeness (QED) is 0.750. The molecular weight excluding hydrogens is 332 g/mol. The highest BCUT2D eigenvalue weighted by Gasteiger charge is 2.30. The maximum atomic E-state index is 12.3. The highest BCUT2D eigenvalue weighted by atomic mass is 35.5. The number of nitrogens with one attached hydrogen (secondary N) is 1. The Morgan fingerprint density at radius 2 is 1.64 bits per heavy atom. The highest BCUT2D eigenvalue weighted by Crippen LogP contribution is 2.37. The van der Waals surface area contributed by atoms with E-state index in [0.717, 1.165) is 25.7 Å². The molecule has 1 unspecified atom stereocenters. The summed E-state index contributed by atoms with van der Waals surface area (Å²) in [6.07, 6.45) is 6.46. The minimum Gasteiger partial charge on any atom is -0.353 e. The largest absolute Gasteiger partial charge is 0.353 e. The Hall–Kier alpha value is -1.06. The number of hydrogen-bond acceptors (Lipinski definition) is 2. The smallest absolute Gasteiger partial charge is 0.223 e. The third-order valence-electron chi connectivity index (χ3n) is 5.62. The summed E-state index contributed by atoms with van der Waals surface area (Å²) in [6.45, 7) is 4.21. The van der Waals surface area contributed by atoms with E-state index in [2.05, 4.69) is 68.5 Å². The molecule has 0 aromatic heterocycles. The van der Waals surface area contributed by atoms with Gasteiger partial charge >= 0.3 is 0 Å². The molecule has 0 spiro atoms. The van der Waals surface area contributed by atoms with Crippen molar-refractivity contribution in [3.8, 4) is 0 Å². The fourth-order valence-electron chi connectivity index (χ4n) is 4.20. The molecule has 3 nitrogen and oxygen atoms in total. The molecule has 1 aromatic rings. The minimum atomic E-state index is 0. The molecule has 1 aromatic carbocycles. The van der Waals surface area contributed by atoms with Crippen LogP contribution in [-0.2, 0) is 4.79 Å². The molecule has 1 saturated carbocycles. The Labute approximate surface area is 160 Å². The van der Waals surface area contributed by atoms with Crippen molar-refractivity contribution in [2.45, 2.75) is 64.5 Å². The Morgan fingerprint density at radius 1 is 1.08 bits per heavy atom. The SMILES string of the molecule is CCC(CC)C(=O)NC1CCC(C(c2ccccc2)N(C)C)CC1.Cl. The van der Waals surface area contributed by atoms with Crippen molar-refractivity contribution in [2.75, 3.05) is 14.1 Å². The van der Waals surface area contributed by atoms with Crippen molar-refractivity contribution >= 4 is 18.3 Å². The van der Waals surface area contributed by atoms with Gasteiger partial charge in [-0.1, -0.05) is 44.2 Å². The average Bonchev–Trinajstić information content (AvgIpc) is 2.58. The number of nitrogens with zero attached hydrogens (tertiary/aromatic N) is 1. The summed E-state index contributed by atoms with van der Waals surface area (Å²) in [6, 6.07) is 11.7. The van der Waals surface area contributed by atoms with E-state index in [1.54, 1.807) is 0 Å². The van der Waals surface area contributed by atoms with Crippen LogP contribution in [0.4, 0.5) is 0 Å². The molecule has 1 N–H and O–H groups in total. The lowest BCUT2D eigenvalue weighted by atomic mass is 9.78. The lowest BCUT2D eigenvalue weighted by Gasteiger charge is -2.38. The summed E-state index contributed by atoms with van der Waals surface area (Å²) in [5.41, 5.74) is 1.41. The van der Waals surface area contributed by atoms with Gasteiger partial charge in [0, 0.05) is 18.0 Å². The number of amides is 1. The standard InChI is InChI=1S/C21H34N2O.ClH/c1-5-16(6-2)21(24)22-19-14-12-18(13-15-19)20(23(3)4)17-10-8-7-9-11-17;/h7-11,16,18-20H,5-6,12-15H2,1-4H3,(H,22,24);1H. The highest BCUT2D eigenvalue weighted by molar-refractivity contribution is 5.85. The first-order valence-corrected chi connectivity index (χ1v) is 9.58. The maximum Gasteiger partial charge on any atom is 0.223 e. The Kier molecular flexibility index (Phi) is 9.52. The number of benzene rings is 1. The molecule has 1 fully saturated rings. The predicted octanol–water partition coefficient (Wildman–Crippen LogP) is 4.82. The normalized spacial score (nSPS) is 21.7. The van der Waals surface area contributed by atoms with Crippen LogP contribution < -0.4 is 5.32 Å². The first-order valence-electron chi connectivity index (χ1n) is 9.58. The second-order valence-corrected chi connectivity index (χ2v) is 7.45. The molecule has 0 bridgehead atoms. The Bertz CT molecular complexity index is 494. The molecule has 2 rings (SSSR count). The van der Waals surface area contributed by atoms with E-state index in [-0.39, 0.29) is 24.2 Å². The van der Waals surface area contributed by atoms with Crippen LogP contribution in [0, 0.1) is 11.8 Å². The maximum absolute atomic E-state index is 12.3. The molecule has 0 heterocycles. The summed E-state index contributed by atoms with van der Waals surface area (Å²) in [7, 11) is 4.36. The van der Waals surface area contributed by atoms with Crippen LogP contribution in [0.3, 0.4) is 0 Å². The Morgan fingerprint density at radius 3 is 2.12 bits per heavy atom. The van der Waals surface area contributed by atoms with Crippen LogP contribution in [-0.4, -0.2) is 30.9 Å². The van der Waals surface area contributed by atoms with Crippen LogP contribution in [0.1, 0.15) is 64.0 Å². The van der Waals surface area contributed by atoms with Crippen molar-refractivity contribution in [2.24, 2.45) is 11.8 Å². The fraction of sp³-hybridized carbons (Fsp3) is 0.667.